The quantitative estimate of drug-likeness (QED) is 0.831. The van der Waals surface area contributed by atoms with Crippen LogP contribution >= 0.6 is 0 Å². The number of para-hydroxylation sites is 1. The van der Waals surface area contributed by atoms with Crippen LogP contribution in [0.4, 0.5) is 4.79 Å². The maximum Gasteiger partial charge on any atom is 0.318 e. The number of carbonyl (C=O) groups is 1. The fraction of sp³-hybridized carbons (Fsp3) is 0.421. The smallest absolute Gasteiger partial charge is 0.318 e. The standard InChI is InChI=1S/C19H22N2O3/c1-2-11-21(14-17-7-5-12-23-17)19(22)20-10-9-16-13-15-6-3-4-8-18(15)24-16/h1,3-4,6,8,13,17H,5,7,9-12,14H2,(H,20,22). The summed E-state index contributed by atoms with van der Waals surface area (Å²) in [5, 5.41) is 3.99. The van der Waals surface area contributed by atoms with Crippen LogP contribution in [-0.4, -0.2) is 43.3 Å². The van der Waals surface area contributed by atoms with Crippen LogP contribution in [0.5, 0.6) is 0 Å². The molecule has 0 spiro atoms. The number of ether oxygens (including phenoxy) is 1. The van der Waals surface area contributed by atoms with Crippen LogP contribution in [0.3, 0.4) is 0 Å². The summed E-state index contributed by atoms with van der Waals surface area (Å²) in [4.78, 5) is 13.9. The number of carbonyl (C=O) groups excluding carboxylic acids is 1. The molecular formula is C19H22N2O3. The molecule has 2 heterocycles. The summed E-state index contributed by atoms with van der Waals surface area (Å²) in [5.41, 5.74) is 0.867. The van der Waals surface area contributed by atoms with E-state index in [1.807, 2.05) is 30.3 Å². The van der Waals surface area contributed by atoms with Crippen LogP contribution in [0.15, 0.2) is 34.7 Å². The Morgan fingerprint density at radius 2 is 2.29 bits per heavy atom. The van der Waals surface area contributed by atoms with E-state index in [1.165, 1.54) is 0 Å². The lowest BCUT2D eigenvalue weighted by Crippen LogP contribution is -2.44. The molecule has 1 N–H and O–H groups in total. The lowest BCUT2D eigenvalue weighted by molar-refractivity contribution is 0.0846. The molecule has 1 aromatic heterocycles. The van der Waals surface area contributed by atoms with Crippen LogP contribution in [0, 0.1) is 12.3 Å². The molecule has 24 heavy (non-hydrogen) atoms. The molecule has 5 heteroatoms. The number of hydrogen-bond donors (Lipinski definition) is 1. The number of urea groups is 1. The molecule has 2 aromatic rings. The summed E-state index contributed by atoms with van der Waals surface area (Å²) in [7, 11) is 0. The minimum atomic E-state index is -0.153. The number of nitrogens with one attached hydrogen (secondary N) is 1. The molecule has 1 fully saturated rings. The first-order chi connectivity index (χ1) is 11.8. The van der Waals surface area contributed by atoms with Crippen LogP contribution in [-0.2, 0) is 11.2 Å². The monoisotopic (exact) mass is 326 g/mol. The molecule has 1 aliphatic rings. The zero-order chi connectivity index (χ0) is 16.8. The molecule has 1 atom stereocenters. The van der Waals surface area contributed by atoms with Crippen molar-refractivity contribution < 1.29 is 13.9 Å². The van der Waals surface area contributed by atoms with E-state index in [2.05, 4.69) is 11.2 Å². The molecule has 0 bridgehead atoms. The van der Waals surface area contributed by atoms with Gasteiger partial charge in [0.15, 0.2) is 0 Å². The third-order valence-electron chi connectivity index (χ3n) is 4.14. The highest BCUT2D eigenvalue weighted by atomic mass is 16.5. The van der Waals surface area contributed by atoms with E-state index in [4.69, 9.17) is 15.6 Å². The summed E-state index contributed by atoms with van der Waals surface area (Å²) in [6.45, 7) is 2.10. The second-order valence-electron chi connectivity index (χ2n) is 5.95. The van der Waals surface area contributed by atoms with Gasteiger partial charge in [0.25, 0.3) is 0 Å². The number of terminal acetylenes is 1. The molecule has 1 aromatic carbocycles. The van der Waals surface area contributed by atoms with Gasteiger partial charge in [0, 0.05) is 31.5 Å². The first-order valence-corrected chi connectivity index (χ1v) is 8.31. The number of rotatable bonds is 6. The van der Waals surface area contributed by atoms with Crippen molar-refractivity contribution in [3.8, 4) is 12.3 Å². The van der Waals surface area contributed by atoms with Gasteiger partial charge in [0.05, 0.1) is 12.6 Å². The molecule has 1 aliphatic heterocycles. The van der Waals surface area contributed by atoms with E-state index < -0.39 is 0 Å². The van der Waals surface area contributed by atoms with Gasteiger partial charge >= 0.3 is 6.03 Å². The van der Waals surface area contributed by atoms with Gasteiger partial charge in [0.2, 0.25) is 0 Å². The average molecular weight is 326 g/mol. The van der Waals surface area contributed by atoms with E-state index in [-0.39, 0.29) is 18.7 Å². The summed E-state index contributed by atoms with van der Waals surface area (Å²) in [5.74, 6) is 3.40. The average Bonchev–Trinajstić information content (AvgIpc) is 3.23. The van der Waals surface area contributed by atoms with Gasteiger partial charge in [-0.25, -0.2) is 4.79 Å². The van der Waals surface area contributed by atoms with Crippen molar-refractivity contribution in [2.75, 3.05) is 26.2 Å². The van der Waals surface area contributed by atoms with Crippen molar-refractivity contribution in [2.24, 2.45) is 0 Å². The summed E-state index contributed by atoms with van der Waals surface area (Å²) >= 11 is 0. The molecule has 1 saturated heterocycles. The Balaban J connectivity index is 1.50. The normalized spacial score (nSPS) is 16.9. The van der Waals surface area contributed by atoms with E-state index in [0.29, 0.717) is 19.5 Å². The van der Waals surface area contributed by atoms with Gasteiger partial charge in [-0.05, 0) is 25.0 Å². The molecule has 126 valence electrons. The Hall–Kier alpha value is -2.45. The lowest BCUT2D eigenvalue weighted by atomic mass is 10.2. The lowest BCUT2D eigenvalue weighted by Gasteiger charge is -2.23. The van der Waals surface area contributed by atoms with Crippen molar-refractivity contribution in [2.45, 2.75) is 25.4 Å². The summed E-state index contributed by atoms with van der Waals surface area (Å²) in [6, 6.07) is 9.73. The Morgan fingerprint density at radius 1 is 1.42 bits per heavy atom. The fourth-order valence-electron chi connectivity index (χ4n) is 2.93. The van der Waals surface area contributed by atoms with Gasteiger partial charge < -0.3 is 19.4 Å². The molecule has 3 rings (SSSR count). The van der Waals surface area contributed by atoms with Gasteiger partial charge in [-0.2, -0.15) is 0 Å². The second kappa shape index (κ2) is 7.89. The number of nitrogens with zero attached hydrogens (tertiary/aromatic N) is 1. The highest BCUT2D eigenvalue weighted by molar-refractivity contribution is 5.77. The van der Waals surface area contributed by atoms with Crippen LogP contribution in [0.25, 0.3) is 11.0 Å². The molecule has 5 nitrogen and oxygen atoms in total. The minimum absolute atomic E-state index is 0.0967. The van der Waals surface area contributed by atoms with Gasteiger partial charge in [-0.1, -0.05) is 24.1 Å². The molecule has 1 unspecified atom stereocenters. The minimum Gasteiger partial charge on any atom is -0.461 e. The predicted octanol–water partition coefficient (Wildman–Crippen LogP) is 2.80. The number of benzene rings is 1. The Labute approximate surface area is 141 Å². The second-order valence-corrected chi connectivity index (χ2v) is 5.95. The number of fused-ring (bicyclic) bond motifs is 1. The van der Waals surface area contributed by atoms with E-state index in [9.17, 15) is 4.79 Å². The largest absolute Gasteiger partial charge is 0.461 e. The molecule has 0 aliphatic carbocycles. The van der Waals surface area contributed by atoms with Crippen LogP contribution in [0.1, 0.15) is 18.6 Å². The Morgan fingerprint density at radius 3 is 3.04 bits per heavy atom. The summed E-state index contributed by atoms with van der Waals surface area (Å²) in [6.07, 6.45) is 8.14. The topological polar surface area (TPSA) is 54.7 Å². The highest BCUT2D eigenvalue weighted by Crippen LogP contribution is 2.18. The first-order valence-electron chi connectivity index (χ1n) is 8.31. The van der Waals surface area contributed by atoms with Gasteiger partial charge in [0.1, 0.15) is 11.3 Å². The third kappa shape index (κ3) is 4.09. The van der Waals surface area contributed by atoms with E-state index >= 15 is 0 Å². The maximum atomic E-state index is 12.3. The van der Waals surface area contributed by atoms with Crippen LogP contribution < -0.4 is 5.32 Å². The zero-order valence-corrected chi connectivity index (χ0v) is 13.7. The number of furan rings is 1. The zero-order valence-electron chi connectivity index (χ0n) is 13.7. The number of hydrogen-bond acceptors (Lipinski definition) is 3. The van der Waals surface area contributed by atoms with Crippen molar-refractivity contribution in [3.63, 3.8) is 0 Å². The molecular weight excluding hydrogens is 304 g/mol. The highest BCUT2D eigenvalue weighted by Gasteiger charge is 2.21. The number of amides is 2. The van der Waals surface area contributed by atoms with Gasteiger partial charge in [-0.15, -0.1) is 6.42 Å². The van der Waals surface area contributed by atoms with Gasteiger partial charge in [-0.3, -0.25) is 0 Å². The predicted molar refractivity (Wildman–Crippen MR) is 92.7 cm³/mol. The summed E-state index contributed by atoms with van der Waals surface area (Å²) < 4.78 is 11.3. The molecule has 2 amide bonds. The third-order valence-corrected chi connectivity index (χ3v) is 4.14. The van der Waals surface area contributed by atoms with E-state index in [1.54, 1.807) is 4.90 Å². The van der Waals surface area contributed by atoms with E-state index in [0.717, 1.165) is 36.2 Å². The first kappa shape index (κ1) is 16.4. The van der Waals surface area contributed by atoms with Crippen molar-refractivity contribution in [3.05, 3.63) is 36.1 Å². The molecule has 0 radical (unpaired) electrons. The SMILES string of the molecule is C#CCN(CC1CCCO1)C(=O)NCCc1cc2ccccc2o1. The maximum absolute atomic E-state index is 12.3. The molecule has 0 saturated carbocycles. The van der Waals surface area contributed by atoms with Crippen molar-refractivity contribution >= 4 is 17.0 Å². The van der Waals surface area contributed by atoms with Crippen molar-refractivity contribution in [1.82, 2.24) is 10.2 Å². The Kier molecular flexibility index (Phi) is 5.39. The van der Waals surface area contributed by atoms with Crippen LogP contribution in [0.2, 0.25) is 0 Å². The fourth-order valence-corrected chi connectivity index (χ4v) is 2.93. The Bertz CT molecular complexity index is 693. The van der Waals surface area contributed by atoms with Crippen molar-refractivity contribution in [1.29, 1.82) is 0 Å².